The molecular formula is C40H44FN6O11S-. The Hall–Kier alpha value is -5.37. The summed E-state index contributed by atoms with van der Waals surface area (Å²) in [5.74, 6) is -3.31. The van der Waals surface area contributed by atoms with E-state index >= 15 is 0 Å². The van der Waals surface area contributed by atoms with Crippen LogP contribution in [0, 0.1) is 12.7 Å². The van der Waals surface area contributed by atoms with Crippen molar-refractivity contribution < 1.29 is 50.6 Å². The van der Waals surface area contributed by atoms with E-state index in [0.717, 1.165) is 62.0 Å². The molecule has 2 unspecified atom stereocenters. The van der Waals surface area contributed by atoms with E-state index in [4.69, 9.17) is 19.1 Å². The highest BCUT2D eigenvalue weighted by atomic mass is 32.2. The summed E-state index contributed by atoms with van der Waals surface area (Å²) >= 11 is 0. The number of benzene rings is 2. The van der Waals surface area contributed by atoms with Crippen molar-refractivity contribution in [1.29, 1.82) is 0 Å². The minimum atomic E-state index is -5.09. The van der Waals surface area contributed by atoms with Gasteiger partial charge in [-0.05, 0) is 94.8 Å². The number of rotatable bonds is 15. The maximum atomic E-state index is 13.7. The van der Waals surface area contributed by atoms with Gasteiger partial charge in [-0.2, -0.15) is 0 Å². The van der Waals surface area contributed by atoms with Gasteiger partial charge in [0.15, 0.2) is 5.58 Å². The Kier molecular flexibility index (Phi) is 12.6. The van der Waals surface area contributed by atoms with Gasteiger partial charge in [0.2, 0.25) is 5.91 Å². The van der Waals surface area contributed by atoms with Crippen molar-refractivity contribution in [3.05, 3.63) is 92.5 Å². The number of nitrogens with zero attached hydrogens (tertiary/aromatic N) is 5. The van der Waals surface area contributed by atoms with Crippen LogP contribution < -0.4 is 10.9 Å². The van der Waals surface area contributed by atoms with Crippen LogP contribution in [0.3, 0.4) is 0 Å². The topological polar surface area (TPSA) is 223 Å². The summed E-state index contributed by atoms with van der Waals surface area (Å²) in [6.45, 7) is 5.47. The summed E-state index contributed by atoms with van der Waals surface area (Å²) in [5.41, 5.74) is 3.35. The van der Waals surface area contributed by atoms with E-state index in [0.29, 0.717) is 55.1 Å². The number of ether oxygens (including phenoxy) is 1. The molecule has 2 aromatic carbocycles. The second kappa shape index (κ2) is 17.9. The minimum absolute atomic E-state index is 0.00513. The zero-order valence-corrected chi connectivity index (χ0v) is 33.2. The number of fused-ring (bicyclic) bond motifs is 2. The summed E-state index contributed by atoms with van der Waals surface area (Å²) in [5, 5.41) is 5.77. The van der Waals surface area contributed by atoms with Crippen LogP contribution in [0.5, 0.6) is 0 Å². The molecule has 59 heavy (non-hydrogen) atoms. The van der Waals surface area contributed by atoms with Crippen LogP contribution in [0.15, 0.2) is 51.8 Å². The van der Waals surface area contributed by atoms with Crippen molar-refractivity contribution in [2.24, 2.45) is 0 Å². The average molecular weight is 836 g/mol. The predicted molar refractivity (Wildman–Crippen MR) is 205 cm³/mol. The predicted octanol–water partition coefficient (Wildman–Crippen LogP) is 3.34. The highest BCUT2D eigenvalue weighted by Crippen LogP contribution is 2.33. The second-order valence-electron chi connectivity index (χ2n) is 15.1. The quantitative estimate of drug-likeness (QED) is 0.103. The molecule has 2 aromatic heterocycles. The largest absolute Gasteiger partial charge is 0.747 e. The highest BCUT2D eigenvalue weighted by molar-refractivity contribution is 7.87. The first-order chi connectivity index (χ1) is 28.3. The lowest BCUT2D eigenvalue weighted by atomic mass is 9.91. The van der Waals surface area contributed by atoms with E-state index < -0.39 is 39.6 Å². The van der Waals surface area contributed by atoms with Crippen LogP contribution >= 0.6 is 0 Å². The number of nitrogens with one attached hydrogen (secondary N) is 1. The Bertz CT molecular complexity index is 2410. The number of carbonyl (C=O) groups excluding carboxylic acids is 4. The molecule has 3 aliphatic heterocycles. The lowest BCUT2D eigenvalue weighted by Crippen LogP contribution is -2.38. The van der Waals surface area contributed by atoms with E-state index in [1.165, 1.54) is 36.4 Å². The summed E-state index contributed by atoms with van der Waals surface area (Å²) in [6.07, 6.45) is 4.13. The Morgan fingerprint density at radius 2 is 1.80 bits per heavy atom. The first kappa shape index (κ1) is 41.8. The van der Waals surface area contributed by atoms with Gasteiger partial charge in [-0.3, -0.25) is 23.7 Å². The minimum Gasteiger partial charge on any atom is -0.747 e. The number of unbranched alkanes of at least 4 members (excludes halogenated alkanes) is 1. The van der Waals surface area contributed by atoms with Crippen molar-refractivity contribution in [2.75, 3.05) is 26.2 Å². The third-order valence-corrected chi connectivity index (χ3v) is 12.2. The van der Waals surface area contributed by atoms with Crippen molar-refractivity contribution in [3.63, 3.8) is 0 Å². The van der Waals surface area contributed by atoms with Gasteiger partial charge in [0.1, 0.15) is 33.1 Å². The molecule has 314 valence electrons. The summed E-state index contributed by atoms with van der Waals surface area (Å²) < 4.78 is 60.5. The highest BCUT2D eigenvalue weighted by Gasteiger charge is 2.45. The Balaban J connectivity index is 0.814. The fourth-order valence-electron chi connectivity index (χ4n) is 7.82. The molecule has 0 spiro atoms. The lowest BCUT2D eigenvalue weighted by molar-refractivity contribution is -0.172. The van der Waals surface area contributed by atoms with Gasteiger partial charge in [0.25, 0.3) is 17.4 Å². The molecule has 0 aliphatic carbocycles. The maximum absolute atomic E-state index is 13.7. The number of aryl methyl sites for hydroxylation is 1. The number of amides is 3. The molecule has 5 heterocycles. The normalized spacial score (nSPS) is 19.0. The van der Waals surface area contributed by atoms with E-state index in [-0.39, 0.29) is 52.9 Å². The van der Waals surface area contributed by atoms with Crippen LogP contribution in [-0.2, 0) is 53.6 Å². The summed E-state index contributed by atoms with van der Waals surface area (Å²) in [4.78, 5) is 74.6. The lowest BCUT2D eigenvalue weighted by Gasteiger charge is -2.31. The monoisotopic (exact) mass is 835 g/mol. The number of hydroxylamine groups is 2. The van der Waals surface area contributed by atoms with Crippen LogP contribution in [0.4, 0.5) is 4.39 Å². The van der Waals surface area contributed by atoms with Gasteiger partial charge < -0.3 is 28.9 Å². The third-order valence-electron chi connectivity index (χ3n) is 11.1. The number of hydrogen-bond acceptors (Lipinski definition) is 14. The number of hydrogen-bond donors (Lipinski definition) is 1. The second-order valence-corrected chi connectivity index (χ2v) is 16.6. The zero-order chi connectivity index (χ0) is 41.8. The van der Waals surface area contributed by atoms with E-state index in [1.54, 1.807) is 10.6 Å². The Morgan fingerprint density at radius 1 is 1.03 bits per heavy atom. The fourth-order valence-corrected chi connectivity index (χ4v) is 8.51. The number of likely N-dealkylation sites (tertiary alicyclic amines) is 1. The third kappa shape index (κ3) is 9.59. The van der Waals surface area contributed by atoms with Crippen molar-refractivity contribution >= 4 is 44.8 Å². The molecule has 3 aliphatic rings. The molecule has 7 rings (SSSR count). The smallest absolute Gasteiger partial charge is 0.363 e. The van der Waals surface area contributed by atoms with Crippen molar-refractivity contribution in [1.82, 2.24) is 30.0 Å². The van der Waals surface area contributed by atoms with Gasteiger partial charge in [0.05, 0.1) is 17.7 Å². The molecule has 19 heteroatoms. The first-order valence-corrected chi connectivity index (χ1v) is 21.1. The van der Waals surface area contributed by atoms with Crippen LogP contribution in [0.25, 0.3) is 11.0 Å². The number of aromatic nitrogens is 3. The van der Waals surface area contributed by atoms with E-state index in [2.05, 4.69) is 15.4 Å². The molecule has 0 radical (unpaired) electrons. The molecule has 0 bridgehead atoms. The van der Waals surface area contributed by atoms with Gasteiger partial charge in [0, 0.05) is 61.3 Å². The van der Waals surface area contributed by atoms with Crippen LogP contribution in [-0.4, -0.2) is 92.8 Å². The molecule has 1 N–H and O–H groups in total. The van der Waals surface area contributed by atoms with Crippen molar-refractivity contribution in [3.8, 4) is 0 Å². The molecule has 2 atom stereocenters. The van der Waals surface area contributed by atoms with Gasteiger partial charge >= 0.3 is 5.97 Å². The van der Waals surface area contributed by atoms with E-state index in [9.17, 15) is 41.3 Å². The average Bonchev–Trinajstić information content (AvgIpc) is 3.76. The van der Waals surface area contributed by atoms with Crippen molar-refractivity contribution in [2.45, 2.75) is 95.1 Å². The molecule has 4 aromatic rings. The molecule has 2 saturated heterocycles. The molecule has 3 amide bonds. The Morgan fingerprint density at radius 3 is 2.53 bits per heavy atom. The molecule has 17 nitrogen and oxygen atoms in total. The molecule has 2 fully saturated rings. The van der Waals surface area contributed by atoms with Crippen LogP contribution in [0.2, 0.25) is 0 Å². The van der Waals surface area contributed by atoms with Gasteiger partial charge in [-0.15, -0.1) is 5.06 Å². The molecule has 0 saturated carbocycles. The first-order valence-electron chi connectivity index (χ1n) is 19.6. The van der Waals surface area contributed by atoms with E-state index in [1.807, 2.05) is 6.92 Å². The van der Waals surface area contributed by atoms with Gasteiger partial charge in [-0.25, -0.2) is 22.6 Å². The zero-order valence-electron chi connectivity index (χ0n) is 32.4. The maximum Gasteiger partial charge on any atom is 0.363 e. The molecular weight excluding hydrogens is 792 g/mol. The number of carbonyl (C=O) groups is 4. The Labute approximate surface area is 338 Å². The summed E-state index contributed by atoms with van der Waals surface area (Å²) in [7, 11) is -5.09. The fraction of sp³-hybridized carbons (Fsp3) is 0.475. The van der Waals surface area contributed by atoms with Gasteiger partial charge in [-0.1, -0.05) is 17.3 Å². The number of imide groups is 1. The SMILES string of the molecule is Cc1nc2n(c(=O)c1CCN1CCC(c3noc4cc(F)ccc34)CC1)CCCC2OCCCCC(=O)NCc1ccc(C(=O)ON2C(=O)CC(S(=O)(=O)[O-])C2=O)cc1. The summed E-state index contributed by atoms with van der Waals surface area (Å²) in [6, 6.07) is 10.3. The van der Waals surface area contributed by atoms with Crippen LogP contribution in [0.1, 0.15) is 102 Å². The number of halogens is 1. The number of piperidine rings is 1. The standard InChI is InChI=1S/C40H45FN6O11S/c1-24-29(15-19-45-17-13-26(14-18-45)36-30-12-11-28(41)21-32(30)57-44-36)38(50)46-16-4-5-31(37(46)43-24)56-20-3-2-6-34(48)42-23-25-7-9-27(10-8-25)40(52)58-47-35(49)22-33(39(47)51)59(53,54)55/h7-12,21,26,31,33H,2-6,13-20,22-23H2,1H3,(H,42,48)(H,53,54,55)/p-1.